The molecule has 1 N–H and O–H groups in total. The van der Waals surface area contributed by atoms with Gasteiger partial charge in [0.2, 0.25) is 5.91 Å². The van der Waals surface area contributed by atoms with E-state index in [1.165, 1.54) is 11.1 Å². The van der Waals surface area contributed by atoms with Crippen LogP contribution in [0.3, 0.4) is 0 Å². The van der Waals surface area contributed by atoms with Gasteiger partial charge in [-0.3, -0.25) is 4.79 Å². The quantitative estimate of drug-likeness (QED) is 0.835. The fraction of sp³-hybridized carbons (Fsp3) is 0.462. The van der Waals surface area contributed by atoms with Crippen LogP contribution >= 0.6 is 0 Å². The molecule has 1 aromatic carbocycles. The Labute approximate surface area is 97.5 Å². The number of nitrogens with zero attached hydrogens (tertiary/aromatic N) is 1. The zero-order chi connectivity index (χ0) is 12.1. The molecule has 0 spiro atoms. The Morgan fingerprint density at radius 1 is 1.31 bits per heavy atom. The Hall–Kier alpha value is -1.35. The van der Waals surface area contributed by atoms with Crippen molar-refractivity contribution in [2.45, 2.75) is 26.4 Å². The second kappa shape index (κ2) is 5.66. The molecule has 0 heterocycles. The fourth-order valence-corrected chi connectivity index (χ4v) is 1.45. The van der Waals surface area contributed by atoms with E-state index in [9.17, 15) is 4.79 Å². The molecule has 0 aliphatic rings. The van der Waals surface area contributed by atoms with Crippen molar-refractivity contribution in [1.82, 2.24) is 10.2 Å². The number of hydrogen-bond acceptors (Lipinski definition) is 2. The summed E-state index contributed by atoms with van der Waals surface area (Å²) in [6.07, 6.45) is 0. The molecule has 0 unspecified atom stereocenters. The first-order chi connectivity index (χ1) is 7.50. The monoisotopic (exact) mass is 220 g/mol. The molecule has 0 saturated heterocycles. The molecule has 0 bridgehead atoms. The molecule has 88 valence electrons. The highest BCUT2D eigenvalue weighted by Gasteiger charge is 2.13. The zero-order valence-electron chi connectivity index (χ0n) is 10.4. The second-order valence-electron chi connectivity index (χ2n) is 4.32. The van der Waals surface area contributed by atoms with Gasteiger partial charge >= 0.3 is 0 Å². The molecule has 0 fully saturated rings. The summed E-state index contributed by atoms with van der Waals surface area (Å²) in [7, 11) is 3.54. The van der Waals surface area contributed by atoms with Crippen molar-refractivity contribution in [3.8, 4) is 0 Å². The molecule has 1 atom stereocenters. The fourth-order valence-electron chi connectivity index (χ4n) is 1.45. The molecule has 16 heavy (non-hydrogen) atoms. The van der Waals surface area contributed by atoms with Crippen molar-refractivity contribution in [2.24, 2.45) is 0 Å². The molecule has 3 heteroatoms. The number of carbonyl (C=O) groups is 1. The van der Waals surface area contributed by atoms with Crippen LogP contribution in [0.2, 0.25) is 0 Å². The summed E-state index contributed by atoms with van der Waals surface area (Å²) >= 11 is 0. The minimum Gasteiger partial charge on any atom is -0.347 e. The van der Waals surface area contributed by atoms with E-state index >= 15 is 0 Å². The van der Waals surface area contributed by atoms with Gasteiger partial charge < -0.3 is 10.2 Å². The Balaban J connectivity index is 2.45. The SMILES string of the molecule is Cc1ccc(CN[C@H](C)C(=O)N(C)C)cc1. The van der Waals surface area contributed by atoms with Gasteiger partial charge in [0, 0.05) is 20.6 Å². The van der Waals surface area contributed by atoms with E-state index in [0.717, 1.165) is 6.54 Å². The number of hydrogen-bond donors (Lipinski definition) is 1. The number of aryl methyl sites for hydroxylation is 1. The minimum absolute atomic E-state index is 0.104. The smallest absolute Gasteiger partial charge is 0.238 e. The van der Waals surface area contributed by atoms with Crippen LogP contribution in [0.15, 0.2) is 24.3 Å². The van der Waals surface area contributed by atoms with Gasteiger partial charge in [-0.2, -0.15) is 0 Å². The number of rotatable bonds is 4. The van der Waals surface area contributed by atoms with Gasteiger partial charge in [0.25, 0.3) is 0 Å². The van der Waals surface area contributed by atoms with E-state index in [0.29, 0.717) is 0 Å². The lowest BCUT2D eigenvalue weighted by atomic mass is 10.1. The third-order valence-corrected chi connectivity index (χ3v) is 2.54. The summed E-state index contributed by atoms with van der Waals surface area (Å²) in [4.78, 5) is 13.2. The molecule has 1 amide bonds. The van der Waals surface area contributed by atoms with Gasteiger partial charge in [-0.1, -0.05) is 29.8 Å². The second-order valence-corrected chi connectivity index (χ2v) is 4.32. The van der Waals surface area contributed by atoms with Crippen LogP contribution in [-0.2, 0) is 11.3 Å². The van der Waals surface area contributed by atoms with Crippen molar-refractivity contribution in [2.75, 3.05) is 14.1 Å². The van der Waals surface area contributed by atoms with Crippen LogP contribution < -0.4 is 5.32 Å². The maximum absolute atomic E-state index is 11.6. The van der Waals surface area contributed by atoms with Gasteiger partial charge in [-0.15, -0.1) is 0 Å². The molecule has 3 nitrogen and oxygen atoms in total. The van der Waals surface area contributed by atoms with Gasteiger partial charge in [0.15, 0.2) is 0 Å². The van der Waals surface area contributed by atoms with Gasteiger partial charge in [-0.05, 0) is 19.4 Å². The van der Waals surface area contributed by atoms with E-state index < -0.39 is 0 Å². The van der Waals surface area contributed by atoms with E-state index in [1.54, 1.807) is 19.0 Å². The summed E-state index contributed by atoms with van der Waals surface area (Å²) in [6.45, 7) is 4.67. The summed E-state index contributed by atoms with van der Waals surface area (Å²) in [5, 5.41) is 3.21. The zero-order valence-corrected chi connectivity index (χ0v) is 10.4. The maximum Gasteiger partial charge on any atom is 0.238 e. The van der Waals surface area contributed by atoms with Crippen LogP contribution in [0.4, 0.5) is 0 Å². The van der Waals surface area contributed by atoms with Gasteiger partial charge in [0.1, 0.15) is 0 Å². The molecular formula is C13H20N2O. The maximum atomic E-state index is 11.6. The molecule has 0 saturated carbocycles. The molecular weight excluding hydrogens is 200 g/mol. The van der Waals surface area contributed by atoms with Crippen molar-refractivity contribution < 1.29 is 4.79 Å². The number of benzene rings is 1. The minimum atomic E-state index is -0.142. The van der Waals surface area contributed by atoms with Crippen LogP contribution in [0.5, 0.6) is 0 Å². The normalized spacial score (nSPS) is 12.2. The summed E-state index contributed by atoms with van der Waals surface area (Å²) in [6, 6.07) is 8.17. The molecule has 0 radical (unpaired) electrons. The Kier molecular flexibility index (Phi) is 4.50. The largest absolute Gasteiger partial charge is 0.347 e. The Bertz CT molecular complexity index is 343. The first-order valence-electron chi connectivity index (χ1n) is 5.51. The third kappa shape index (κ3) is 3.66. The first-order valence-corrected chi connectivity index (χ1v) is 5.51. The van der Waals surface area contributed by atoms with Crippen LogP contribution in [0.25, 0.3) is 0 Å². The van der Waals surface area contributed by atoms with Crippen LogP contribution in [0, 0.1) is 6.92 Å². The number of likely N-dealkylation sites (N-methyl/N-ethyl adjacent to an activating group) is 1. The lowest BCUT2D eigenvalue weighted by molar-refractivity contribution is -0.130. The van der Waals surface area contributed by atoms with Crippen molar-refractivity contribution in [3.05, 3.63) is 35.4 Å². The average molecular weight is 220 g/mol. The predicted octanol–water partition coefficient (Wildman–Crippen LogP) is 1.56. The predicted molar refractivity (Wildman–Crippen MR) is 66.2 cm³/mol. The van der Waals surface area contributed by atoms with Crippen molar-refractivity contribution in [3.63, 3.8) is 0 Å². The average Bonchev–Trinajstić information content (AvgIpc) is 2.26. The molecule has 0 aromatic heterocycles. The van der Waals surface area contributed by atoms with Crippen LogP contribution in [-0.4, -0.2) is 30.9 Å². The van der Waals surface area contributed by atoms with Gasteiger partial charge in [0.05, 0.1) is 6.04 Å². The number of nitrogens with one attached hydrogen (secondary N) is 1. The lowest BCUT2D eigenvalue weighted by Crippen LogP contribution is -2.41. The highest BCUT2D eigenvalue weighted by Crippen LogP contribution is 2.03. The lowest BCUT2D eigenvalue weighted by Gasteiger charge is -2.18. The van der Waals surface area contributed by atoms with E-state index in [-0.39, 0.29) is 11.9 Å². The first kappa shape index (κ1) is 12.7. The molecule has 1 aromatic rings. The summed E-state index contributed by atoms with van der Waals surface area (Å²) < 4.78 is 0. The van der Waals surface area contributed by atoms with E-state index in [2.05, 4.69) is 36.5 Å². The molecule has 0 aliphatic heterocycles. The third-order valence-electron chi connectivity index (χ3n) is 2.54. The highest BCUT2D eigenvalue weighted by atomic mass is 16.2. The van der Waals surface area contributed by atoms with Crippen LogP contribution in [0.1, 0.15) is 18.1 Å². The van der Waals surface area contributed by atoms with E-state index in [1.807, 2.05) is 6.92 Å². The topological polar surface area (TPSA) is 32.3 Å². The van der Waals surface area contributed by atoms with Crippen molar-refractivity contribution >= 4 is 5.91 Å². The van der Waals surface area contributed by atoms with Crippen molar-refractivity contribution in [1.29, 1.82) is 0 Å². The summed E-state index contributed by atoms with van der Waals surface area (Å²) in [5.74, 6) is 0.104. The molecule has 0 aliphatic carbocycles. The Morgan fingerprint density at radius 3 is 2.38 bits per heavy atom. The number of amides is 1. The standard InChI is InChI=1S/C13H20N2O/c1-10-5-7-12(8-6-10)9-14-11(2)13(16)15(3)4/h5-8,11,14H,9H2,1-4H3/t11-/m1/s1. The van der Waals surface area contributed by atoms with E-state index in [4.69, 9.17) is 0 Å². The van der Waals surface area contributed by atoms with Gasteiger partial charge in [-0.25, -0.2) is 0 Å². The highest BCUT2D eigenvalue weighted by molar-refractivity contribution is 5.80. The summed E-state index contributed by atoms with van der Waals surface area (Å²) in [5.41, 5.74) is 2.45. The molecule has 1 rings (SSSR count). The number of carbonyl (C=O) groups excluding carboxylic acids is 1. The Morgan fingerprint density at radius 2 is 1.88 bits per heavy atom.